The number of aromatic nitrogens is 2. The van der Waals surface area contributed by atoms with E-state index in [-0.39, 0.29) is 0 Å². The van der Waals surface area contributed by atoms with Gasteiger partial charge in [-0.2, -0.15) is 70.2 Å². The summed E-state index contributed by atoms with van der Waals surface area (Å²) in [7, 11) is 0. The Hall–Kier alpha value is -2.24. The molecule has 0 saturated carbocycles. The zero-order valence-electron chi connectivity index (χ0n) is 19.3. The third-order valence-electron chi connectivity index (χ3n) is 4.52. The Morgan fingerprint density at radius 1 is 0.405 bits per heavy atom. The van der Waals surface area contributed by atoms with Crippen molar-refractivity contribution in [2.45, 2.75) is 43.4 Å². The highest BCUT2D eigenvalue weighted by Gasteiger charge is 2.94. The number of alkyl halides is 18. The first-order valence-electron chi connectivity index (χ1n) is 9.92. The van der Waals surface area contributed by atoms with E-state index >= 15 is 0 Å². The van der Waals surface area contributed by atoms with Gasteiger partial charge in [0.2, 0.25) is 0 Å². The number of hydrogen-bond acceptors (Lipinski definition) is 2. The lowest BCUT2D eigenvalue weighted by atomic mass is 9.91. The first-order chi connectivity index (χ1) is 18.7. The van der Waals surface area contributed by atoms with E-state index in [1.54, 1.807) is 24.8 Å². The van der Waals surface area contributed by atoms with Gasteiger partial charge in [-0.25, -0.2) is 0 Å². The van der Waals surface area contributed by atoms with Gasteiger partial charge >= 0.3 is 43.4 Å². The van der Waals surface area contributed by atoms with Gasteiger partial charge in [-0.15, -0.1) is 0 Å². The van der Waals surface area contributed by atoms with Gasteiger partial charge in [0.05, 0.1) is 0 Å². The zero-order chi connectivity index (χ0) is 33.1. The molecular formula is C22H8F16I2N2. The molecule has 2 nitrogen and oxygen atoms in total. The molecule has 42 heavy (non-hydrogen) atoms. The van der Waals surface area contributed by atoms with Crippen LogP contribution in [0.2, 0.25) is 0 Å². The summed E-state index contributed by atoms with van der Waals surface area (Å²) in [6.07, 6.45) is 6.83. The molecular weight excluding hydrogens is 850 g/mol. The molecule has 0 N–H and O–H groups in total. The smallest absolute Gasteiger partial charge is 0.265 e. The van der Waals surface area contributed by atoms with Gasteiger partial charge in [0.1, 0.15) is 0 Å². The van der Waals surface area contributed by atoms with Crippen LogP contribution in [0.3, 0.4) is 0 Å². The summed E-state index contributed by atoms with van der Waals surface area (Å²) in [6, 6.07) is 7.39. The highest BCUT2D eigenvalue weighted by atomic mass is 127. The van der Waals surface area contributed by atoms with Gasteiger partial charge in [0.15, 0.2) is 0 Å². The molecule has 0 saturated heterocycles. The van der Waals surface area contributed by atoms with E-state index in [0.717, 1.165) is 11.1 Å². The molecule has 0 amide bonds. The monoisotopic (exact) mass is 858 g/mol. The van der Waals surface area contributed by atoms with Crippen LogP contribution in [0, 0.1) is 23.7 Å². The van der Waals surface area contributed by atoms with Crippen molar-refractivity contribution >= 4 is 45.2 Å². The van der Waals surface area contributed by atoms with Crippen LogP contribution in [0.25, 0.3) is 0 Å². The maximum Gasteiger partial charge on any atom is 0.387 e. The van der Waals surface area contributed by atoms with Crippen LogP contribution < -0.4 is 0 Å². The minimum atomic E-state index is -8.33. The van der Waals surface area contributed by atoms with E-state index in [1.165, 1.54) is 0 Å². The predicted molar refractivity (Wildman–Crippen MR) is 130 cm³/mol. The molecule has 0 bridgehead atoms. The van der Waals surface area contributed by atoms with E-state index in [9.17, 15) is 70.2 Å². The van der Waals surface area contributed by atoms with E-state index in [4.69, 9.17) is 0 Å². The summed E-state index contributed by atoms with van der Waals surface area (Å²) in [5, 5.41) is 0. The molecule has 2 aromatic rings. The minimum Gasteiger partial charge on any atom is -0.265 e. The number of hydrogen-bond donors (Lipinski definition) is 0. The first kappa shape index (κ1) is 37.8. The average Bonchev–Trinajstić information content (AvgIpc) is 2.86. The maximum absolute atomic E-state index is 13.0. The third-order valence-corrected chi connectivity index (χ3v) is 5.88. The SMILES string of the molecule is C(C#Cc1ccncc1)#Cc1ccncc1.FC(F)(I)C(F)(F)C(F)(F)C(F)(F)C(F)(F)C(F)(F)C(F)(F)C(F)(F)I. The molecule has 0 atom stereocenters. The Balaban J connectivity index is 0.000000465. The van der Waals surface area contributed by atoms with Gasteiger partial charge in [0.25, 0.3) is 0 Å². The maximum atomic E-state index is 13.0. The van der Waals surface area contributed by atoms with Crippen LogP contribution in [-0.4, -0.2) is 53.4 Å². The fourth-order valence-corrected chi connectivity index (χ4v) is 2.90. The summed E-state index contributed by atoms with van der Waals surface area (Å²) in [5.74, 6) is -36.3. The molecule has 0 spiro atoms. The van der Waals surface area contributed by atoms with Crippen molar-refractivity contribution in [1.29, 1.82) is 0 Å². The van der Waals surface area contributed by atoms with Crippen LogP contribution in [-0.2, 0) is 0 Å². The van der Waals surface area contributed by atoms with Gasteiger partial charge in [-0.05, 0) is 36.1 Å². The Labute approximate surface area is 251 Å². The van der Waals surface area contributed by atoms with Crippen molar-refractivity contribution in [2.24, 2.45) is 0 Å². The van der Waals surface area contributed by atoms with Crippen LogP contribution in [0.4, 0.5) is 70.2 Å². The fourth-order valence-electron chi connectivity index (χ4n) is 2.22. The second-order valence-corrected chi connectivity index (χ2v) is 10.1. The predicted octanol–water partition coefficient (Wildman–Crippen LogP) is 8.73. The molecule has 2 rings (SSSR count). The number of rotatable bonds is 7. The Morgan fingerprint density at radius 3 is 0.833 bits per heavy atom. The second kappa shape index (κ2) is 12.8. The molecule has 2 heterocycles. The molecule has 0 aliphatic rings. The molecule has 0 aromatic carbocycles. The quantitative estimate of drug-likeness (QED) is 0.121. The summed E-state index contributed by atoms with van der Waals surface area (Å²) in [4.78, 5) is 7.82. The molecule has 0 unspecified atom stereocenters. The van der Waals surface area contributed by atoms with Gasteiger partial charge in [0, 0.05) is 81.1 Å². The number of nitrogens with zero attached hydrogens (tertiary/aromatic N) is 2. The fraction of sp³-hybridized carbons (Fsp3) is 0.364. The molecule has 0 aliphatic heterocycles. The second-order valence-electron chi connectivity index (χ2n) is 7.41. The van der Waals surface area contributed by atoms with Crippen molar-refractivity contribution < 1.29 is 70.2 Å². The van der Waals surface area contributed by atoms with E-state index in [0.29, 0.717) is 0 Å². The highest BCUT2D eigenvalue weighted by Crippen LogP contribution is 2.64. The standard InChI is InChI=1S/C14H8N2.C8F16I2/c1(3-13-5-9-15-10-6-13)2-4-14-7-11-16-12-8-14;9-1(10,3(13,14)5(17,18)7(21,22)25)2(11,12)4(15,16)6(19,20)8(23,24)26/h5-12H;. The molecule has 0 aliphatic carbocycles. The average molecular weight is 858 g/mol. The summed E-state index contributed by atoms with van der Waals surface area (Å²) in [5.41, 5.74) is 1.83. The van der Waals surface area contributed by atoms with E-state index < -0.39 is 88.6 Å². The Bertz CT molecular complexity index is 1210. The highest BCUT2D eigenvalue weighted by molar-refractivity contribution is 14.1. The third kappa shape index (κ3) is 7.27. The van der Waals surface area contributed by atoms with Crippen LogP contribution >= 0.6 is 45.2 Å². The zero-order valence-corrected chi connectivity index (χ0v) is 23.6. The van der Waals surface area contributed by atoms with Crippen molar-refractivity contribution in [1.82, 2.24) is 9.97 Å². The first-order valence-corrected chi connectivity index (χ1v) is 12.1. The van der Waals surface area contributed by atoms with Crippen molar-refractivity contribution in [2.75, 3.05) is 0 Å². The molecule has 0 fully saturated rings. The van der Waals surface area contributed by atoms with Crippen molar-refractivity contribution in [3.05, 3.63) is 60.2 Å². The normalized spacial score (nSPS) is 13.6. The van der Waals surface area contributed by atoms with Crippen LogP contribution in [0.1, 0.15) is 11.1 Å². The van der Waals surface area contributed by atoms with Gasteiger partial charge in [-0.1, -0.05) is 11.8 Å². The summed E-state index contributed by atoms with van der Waals surface area (Å²) in [6.45, 7) is 0. The molecule has 232 valence electrons. The lowest BCUT2D eigenvalue weighted by molar-refractivity contribution is -0.441. The lowest BCUT2D eigenvalue weighted by Crippen LogP contribution is -2.73. The minimum absolute atomic E-state index is 0.916. The Morgan fingerprint density at radius 2 is 0.619 bits per heavy atom. The topological polar surface area (TPSA) is 25.8 Å². The van der Waals surface area contributed by atoms with Crippen molar-refractivity contribution in [3.63, 3.8) is 0 Å². The van der Waals surface area contributed by atoms with Crippen LogP contribution in [0.5, 0.6) is 0 Å². The number of halogens is 18. The Kier molecular flexibility index (Phi) is 11.5. The van der Waals surface area contributed by atoms with E-state index in [2.05, 4.69) is 33.6 Å². The summed E-state index contributed by atoms with van der Waals surface area (Å²) < 4.78 is 192. The molecule has 0 radical (unpaired) electrons. The lowest BCUT2D eigenvalue weighted by Gasteiger charge is -2.42. The number of pyridine rings is 2. The van der Waals surface area contributed by atoms with Gasteiger partial charge in [-0.3, -0.25) is 9.97 Å². The van der Waals surface area contributed by atoms with Crippen molar-refractivity contribution in [3.8, 4) is 23.7 Å². The van der Waals surface area contributed by atoms with Crippen LogP contribution in [0.15, 0.2) is 49.1 Å². The largest absolute Gasteiger partial charge is 0.387 e. The summed E-state index contributed by atoms with van der Waals surface area (Å²) >= 11 is -1.87. The van der Waals surface area contributed by atoms with Gasteiger partial charge < -0.3 is 0 Å². The molecule has 20 heteroatoms. The molecule has 2 aromatic heterocycles. The van der Waals surface area contributed by atoms with E-state index in [1.807, 2.05) is 24.3 Å².